The van der Waals surface area contributed by atoms with Gasteiger partial charge in [-0.25, -0.2) is 0 Å². The Hall–Kier alpha value is -1.35. The van der Waals surface area contributed by atoms with E-state index in [0.29, 0.717) is 12.6 Å². The molecular weight excluding hydrogens is 250 g/mol. The summed E-state index contributed by atoms with van der Waals surface area (Å²) < 4.78 is 5.06. The van der Waals surface area contributed by atoms with E-state index in [2.05, 4.69) is 26.0 Å². The summed E-state index contributed by atoms with van der Waals surface area (Å²) in [5.41, 5.74) is 1.37. The van der Waals surface area contributed by atoms with Crippen LogP contribution in [0.4, 0.5) is 0 Å². The summed E-state index contributed by atoms with van der Waals surface area (Å²) in [6.07, 6.45) is 3.47. The SMILES string of the molecule is COCC(=O)N(Cc1ccccc1)[C@@H]1CCCC1(C)C. The van der Waals surface area contributed by atoms with Crippen molar-refractivity contribution in [2.45, 2.75) is 45.7 Å². The van der Waals surface area contributed by atoms with Crippen LogP contribution in [0, 0.1) is 5.41 Å². The van der Waals surface area contributed by atoms with Crippen molar-refractivity contribution >= 4 is 5.91 Å². The first-order valence-electron chi connectivity index (χ1n) is 7.37. The van der Waals surface area contributed by atoms with Gasteiger partial charge in [-0.2, -0.15) is 0 Å². The molecule has 0 radical (unpaired) electrons. The van der Waals surface area contributed by atoms with Crippen molar-refractivity contribution < 1.29 is 9.53 Å². The van der Waals surface area contributed by atoms with Crippen molar-refractivity contribution in [1.29, 1.82) is 0 Å². The summed E-state index contributed by atoms with van der Waals surface area (Å²) >= 11 is 0. The fourth-order valence-corrected chi connectivity index (χ4v) is 3.24. The van der Waals surface area contributed by atoms with Crippen molar-refractivity contribution in [2.75, 3.05) is 13.7 Å². The van der Waals surface area contributed by atoms with Crippen LogP contribution in [0.1, 0.15) is 38.7 Å². The fourth-order valence-electron chi connectivity index (χ4n) is 3.24. The Bertz CT molecular complexity index is 442. The molecule has 1 aromatic rings. The van der Waals surface area contributed by atoms with E-state index in [-0.39, 0.29) is 17.9 Å². The lowest BCUT2D eigenvalue weighted by Crippen LogP contribution is -2.46. The molecule has 3 nitrogen and oxygen atoms in total. The third kappa shape index (κ3) is 3.40. The number of rotatable bonds is 5. The van der Waals surface area contributed by atoms with E-state index >= 15 is 0 Å². The number of carbonyl (C=O) groups is 1. The third-order valence-corrected chi connectivity index (χ3v) is 4.36. The van der Waals surface area contributed by atoms with Crippen LogP contribution in [-0.4, -0.2) is 30.6 Å². The standard InChI is InChI=1S/C17H25NO2/c1-17(2)11-7-10-15(17)18(16(19)13-20-3)12-14-8-5-4-6-9-14/h4-6,8-9,15H,7,10-13H2,1-3H3/t15-/m1/s1. The van der Waals surface area contributed by atoms with Crippen LogP contribution < -0.4 is 0 Å². The molecule has 0 spiro atoms. The van der Waals surface area contributed by atoms with E-state index in [1.807, 2.05) is 23.1 Å². The molecule has 20 heavy (non-hydrogen) atoms. The maximum Gasteiger partial charge on any atom is 0.249 e. The van der Waals surface area contributed by atoms with Crippen molar-refractivity contribution in [3.63, 3.8) is 0 Å². The minimum absolute atomic E-state index is 0.0938. The van der Waals surface area contributed by atoms with Gasteiger partial charge in [0.05, 0.1) is 0 Å². The van der Waals surface area contributed by atoms with E-state index in [9.17, 15) is 4.79 Å². The first-order chi connectivity index (χ1) is 9.54. The predicted octanol–water partition coefficient (Wildman–Crippen LogP) is 3.24. The van der Waals surface area contributed by atoms with Gasteiger partial charge in [0.15, 0.2) is 0 Å². The van der Waals surface area contributed by atoms with Crippen LogP contribution in [0.15, 0.2) is 30.3 Å². The lowest BCUT2D eigenvalue weighted by molar-refractivity contribution is -0.140. The molecule has 1 fully saturated rings. The van der Waals surface area contributed by atoms with Crippen LogP contribution in [0.2, 0.25) is 0 Å². The largest absolute Gasteiger partial charge is 0.375 e. The molecule has 1 saturated carbocycles. The van der Waals surface area contributed by atoms with Gasteiger partial charge < -0.3 is 9.64 Å². The summed E-state index contributed by atoms with van der Waals surface area (Å²) in [7, 11) is 1.58. The Kier molecular flexibility index (Phi) is 4.81. The second-order valence-electron chi connectivity index (χ2n) is 6.34. The normalized spacial score (nSPS) is 20.9. The Morgan fingerprint density at radius 2 is 2.05 bits per heavy atom. The molecular formula is C17H25NO2. The van der Waals surface area contributed by atoms with E-state index in [1.54, 1.807) is 7.11 Å². The number of methoxy groups -OCH3 is 1. The number of hydrogen-bond acceptors (Lipinski definition) is 2. The van der Waals surface area contributed by atoms with Gasteiger partial charge in [0, 0.05) is 19.7 Å². The third-order valence-electron chi connectivity index (χ3n) is 4.36. The zero-order valence-electron chi connectivity index (χ0n) is 12.8. The van der Waals surface area contributed by atoms with Gasteiger partial charge in [0.25, 0.3) is 0 Å². The fraction of sp³-hybridized carbons (Fsp3) is 0.588. The average molecular weight is 275 g/mol. The highest BCUT2D eigenvalue weighted by atomic mass is 16.5. The molecule has 1 aliphatic rings. The second kappa shape index (κ2) is 6.40. The lowest BCUT2D eigenvalue weighted by atomic mass is 9.86. The zero-order chi connectivity index (χ0) is 14.6. The van der Waals surface area contributed by atoms with E-state index in [4.69, 9.17) is 4.74 Å². The van der Waals surface area contributed by atoms with Crippen molar-refractivity contribution in [1.82, 2.24) is 4.90 Å². The van der Waals surface area contributed by atoms with Gasteiger partial charge >= 0.3 is 0 Å². The van der Waals surface area contributed by atoms with Gasteiger partial charge in [-0.3, -0.25) is 4.79 Å². The number of hydrogen-bond donors (Lipinski definition) is 0. The van der Waals surface area contributed by atoms with E-state index < -0.39 is 0 Å². The zero-order valence-corrected chi connectivity index (χ0v) is 12.8. The highest BCUT2D eigenvalue weighted by molar-refractivity contribution is 5.78. The van der Waals surface area contributed by atoms with Gasteiger partial charge in [0.2, 0.25) is 5.91 Å². The Morgan fingerprint density at radius 1 is 1.35 bits per heavy atom. The first-order valence-corrected chi connectivity index (χ1v) is 7.37. The Labute approximate surface area is 121 Å². The smallest absolute Gasteiger partial charge is 0.249 e. The number of carbonyl (C=O) groups excluding carboxylic acids is 1. The summed E-state index contributed by atoms with van der Waals surface area (Å²) in [6.45, 7) is 5.38. The number of nitrogens with zero attached hydrogens (tertiary/aromatic N) is 1. The van der Waals surface area contributed by atoms with Gasteiger partial charge in [-0.05, 0) is 23.8 Å². The highest BCUT2D eigenvalue weighted by Crippen LogP contribution is 2.41. The van der Waals surface area contributed by atoms with Gasteiger partial charge in [0.1, 0.15) is 6.61 Å². The second-order valence-corrected chi connectivity index (χ2v) is 6.34. The number of benzene rings is 1. The minimum atomic E-state index is 0.0938. The molecule has 2 rings (SSSR count). The summed E-state index contributed by atoms with van der Waals surface area (Å²) in [5, 5.41) is 0. The Morgan fingerprint density at radius 3 is 2.60 bits per heavy atom. The monoisotopic (exact) mass is 275 g/mol. The maximum absolute atomic E-state index is 12.4. The van der Waals surface area contributed by atoms with Crippen molar-refractivity contribution in [3.05, 3.63) is 35.9 Å². The molecule has 0 saturated heterocycles. The lowest BCUT2D eigenvalue weighted by Gasteiger charge is -2.37. The number of ether oxygens (including phenoxy) is 1. The average Bonchev–Trinajstić information content (AvgIpc) is 2.77. The molecule has 0 N–H and O–H groups in total. The summed E-state index contributed by atoms with van der Waals surface area (Å²) in [4.78, 5) is 14.4. The van der Waals surface area contributed by atoms with Crippen LogP contribution in [0.5, 0.6) is 0 Å². The van der Waals surface area contributed by atoms with E-state index in [0.717, 1.165) is 6.42 Å². The topological polar surface area (TPSA) is 29.5 Å². The van der Waals surface area contributed by atoms with Crippen LogP contribution in [0.3, 0.4) is 0 Å². The highest BCUT2D eigenvalue weighted by Gasteiger charge is 2.40. The van der Waals surface area contributed by atoms with Crippen LogP contribution >= 0.6 is 0 Å². The number of amides is 1. The minimum Gasteiger partial charge on any atom is -0.375 e. The summed E-state index contributed by atoms with van der Waals surface area (Å²) in [5.74, 6) is 0.0938. The molecule has 0 aromatic heterocycles. The van der Waals surface area contributed by atoms with Gasteiger partial charge in [-0.1, -0.05) is 50.6 Å². The first kappa shape index (κ1) is 15.0. The molecule has 1 atom stereocenters. The van der Waals surface area contributed by atoms with Gasteiger partial charge in [-0.15, -0.1) is 0 Å². The molecule has 0 unspecified atom stereocenters. The summed E-state index contributed by atoms with van der Waals surface area (Å²) in [6, 6.07) is 10.5. The molecule has 1 aromatic carbocycles. The Balaban J connectivity index is 2.19. The molecule has 1 aliphatic carbocycles. The molecule has 0 bridgehead atoms. The van der Waals surface area contributed by atoms with Crippen molar-refractivity contribution in [2.24, 2.45) is 5.41 Å². The van der Waals surface area contributed by atoms with E-state index in [1.165, 1.54) is 18.4 Å². The maximum atomic E-state index is 12.4. The van der Waals surface area contributed by atoms with Crippen molar-refractivity contribution in [3.8, 4) is 0 Å². The molecule has 0 aliphatic heterocycles. The van der Waals surface area contributed by atoms with Crippen LogP contribution in [-0.2, 0) is 16.1 Å². The molecule has 3 heteroatoms. The predicted molar refractivity (Wildman–Crippen MR) is 80.3 cm³/mol. The van der Waals surface area contributed by atoms with Crippen LogP contribution in [0.25, 0.3) is 0 Å². The molecule has 110 valence electrons. The molecule has 0 heterocycles. The quantitative estimate of drug-likeness (QED) is 0.825. The molecule has 1 amide bonds.